The minimum absolute atomic E-state index is 0.0215. The van der Waals surface area contributed by atoms with Crippen molar-refractivity contribution in [3.63, 3.8) is 0 Å². The standard InChI is InChI=1S/C18H23NO4/c1-23-16-5-3-2-4-12(16)8-13(18(21)22)10-19-17(20)15-9-14(15)11-6-7-11/h2-5,11,13-15H,6-10H2,1H3,(H,19,20)(H,21,22). The van der Waals surface area contributed by atoms with Gasteiger partial charge >= 0.3 is 5.97 Å². The van der Waals surface area contributed by atoms with Gasteiger partial charge in [0.15, 0.2) is 0 Å². The molecule has 0 spiro atoms. The summed E-state index contributed by atoms with van der Waals surface area (Å²) in [7, 11) is 1.57. The van der Waals surface area contributed by atoms with Crippen molar-refractivity contribution in [1.29, 1.82) is 0 Å². The number of hydrogen-bond acceptors (Lipinski definition) is 3. The summed E-state index contributed by atoms with van der Waals surface area (Å²) in [6, 6.07) is 7.39. The molecule has 3 unspecified atom stereocenters. The van der Waals surface area contributed by atoms with Gasteiger partial charge in [0.2, 0.25) is 5.91 Å². The van der Waals surface area contributed by atoms with Crippen LogP contribution >= 0.6 is 0 Å². The smallest absolute Gasteiger partial charge is 0.308 e. The highest BCUT2D eigenvalue weighted by atomic mass is 16.5. The van der Waals surface area contributed by atoms with E-state index >= 15 is 0 Å². The van der Waals surface area contributed by atoms with E-state index in [1.807, 2.05) is 24.3 Å². The van der Waals surface area contributed by atoms with E-state index in [4.69, 9.17) is 4.74 Å². The summed E-state index contributed by atoms with van der Waals surface area (Å²) in [5.74, 6) is 0.568. The molecule has 0 saturated heterocycles. The largest absolute Gasteiger partial charge is 0.496 e. The van der Waals surface area contributed by atoms with E-state index in [-0.39, 0.29) is 18.4 Å². The molecule has 5 nitrogen and oxygen atoms in total. The van der Waals surface area contributed by atoms with Crippen LogP contribution in [0.2, 0.25) is 0 Å². The molecule has 23 heavy (non-hydrogen) atoms. The molecule has 2 aliphatic rings. The summed E-state index contributed by atoms with van der Waals surface area (Å²) in [6.45, 7) is 0.167. The number of nitrogens with one attached hydrogen (secondary N) is 1. The van der Waals surface area contributed by atoms with Gasteiger partial charge in [0, 0.05) is 12.5 Å². The van der Waals surface area contributed by atoms with Gasteiger partial charge < -0.3 is 15.2 Å². The Morgan fingerprint density at radius 2 is 2.09 bits per heavy atom. The normalized spacial score (nSPS) is 23.9. The number of hydrogen-bond donors (Lipinski definition) is 2. The molecule has 2 N–H and O–H groups in total. The Hall–Kier alpha value is -2.04. The van der Waals surface area contributed by atoms with Crippen LogP contribution in [0.5, 0.6) is 5.75 Å². The molecule has 2 aliphatic carbocycles. The fourth-order valence-corrected chi connectivity index (χ4v) is 3.30. The highest BCUT2D eigenvalue weighted by Crippen LogP contribution is 2.54. The molecule has 1 aromatic rings. The molecule has 3 atom stereocenters. The van der Waals surface area contributed by atoms with E-state index in [0.29, 0.717) is 18.1 Å². The number of aliphatic carboxylic acids is 1. The number of ether oxygens (including phenoxy) is 1. The monoisotopic (exact) mass is 317 g/mol. The lowest BCUT2D eigenvalue weighted by atomic mass is 9.98. The van der Waals surface area contributed by atoms with Crippen molar-refractivity contribution < 1.29 is 19.4 Å². The molecule has 5 heteroatoms. The number of methoxy groups -OCH3 is 1. The van der Waals surface area contributed by atoms with Crippen molar-refractivity contribution in [3.8, 4) is 5.75 Å². The Labute approximate surface area is 136 Å². The SMILES string of the molecule is COc1ccccc1CC(CNC(=O)C1CC1C1CC1)C(=O)O. The Bertz CT molecular complexity index is 596. The quantitative estimate of drug-likeness (QED) is 0.770. The van der Waals surface area contributed by atoms with Gasteiger partial charge in [-0.1, -0.05) is 18.2 Å². The van der Waals surface area contributed by atoms with Crippen LogP contribution in [-0.2, 0) is 16.0 Å². The van der Waals surface area contributed by atoms with Gasteiger partial charge in [0.1, 0.15) is 5.75 Å². The second kappa shape index (κ2) is 6.60. The zero-order valence-corrected chi connectivity index (χ0v) is 13.3. The Balaban J connectivity index is 1.54. The molecule has 0 aromatic heterocycles. The summed E-state index contributed by atoms with van der Waals surface area (Å²) in [5.41, 5.74) is 0.846. The molecule has 1 aromatic carbocycles. The number of benzene rings is 1. The highest BCUT2D eigenvalue weighted by molar-refractivity contribution is 5.82. The predicted molar refractivity (Wildman–Crippen MR) is 85.2 cm³/mol. The maximum atomic E-state index is 12.1. The van der Waals surface area contributed by atoms with Crippen molar-refractivity contribution in [2.45, 2.75) is 25.7 Å². The molecule has 1 amide bonds. The van der Waals surface area contributed by atoms with Gasteiger partial charge in [0.05, 0.1) is 13.0 Å². The lowest BCUT2D eigenvalue weighted by Gasteiger charge is -2.15. The highest BCUT2D eigenvalue weighted by Gasteiger charge is 2.51. The third kappa shape index (κ3) is 3.84. The number of carboxylic acid groups (broad SMARTS) is 1. The lowest BCUT2D eigenvalue weighted by Crippen LogP contribution is -2.35. The molecule has 3 rings (SSSR count). The topological polar surface area (TPSA) is 75.6 Å². The number of carbonyl (C=O) groups excluding carboxylic acids is 1. The average Bonchev–Trinajstić information content (AvgIpc) is 3.42. The second-order valence-corrected chi connectivity index (χ2v) is 6.64. The Morgan fingerprint density at radius 3 is 2.74 bits per heavy atom. The third-order valence-corrected chi connectivity index (χ3v) is 4.93. The van der Waals surface area contributed by atoms with Gasteiger partial charge in [-0.15, -0.1) is 0 Å². The zero-order chi connectivity index (χ0) is 16.4. The number of para-hydroxylation sites is 1. The van der Waals surface area contributed by atoms with Gasteiger partial charge in [-0.05, 0) is 49.1 Å². The number of amides is 1. The first-order chi connectivity index (χ1) is 11.1. The molecular weight excluding hydrogens is 294 g/mol. The fraction of sp³-hybridized carbons (Fsp3) is 0.556. The van der Waals surface area contributed by atoms with Gasteiger partial charge in [-0.3, -0.25) is 9.59 Å². The predicted octanol–water partition coefficient (Wildman–Crippen LogP) is 2.10. The van der Waals surface area contributed by atoms with Crippen LogP contribution in [0.15, 0.2) is 24.3 Å². The van der Waals surface area contributed by atoms with Crippen molar-refractivity contribution in [2.24, 2.45) is 23.7 Å². The summed E-state index contributed by atoms with van der Waals surface area (Å²) in [5, 5.41) is 12.3. The summed E-state index contributed by atoms with van der Waals surface area (Å²) < 4.78 is 5.27. The van der Waals surface area contributed by atoms with E-state index in [2.05, 4.69) is 5.32 Å². The molecule has 2 fully saturated rings. The van der Waals surface area contributed by atoms with E-state index in [1.165, 1.54) is 12.8 Å². The third-order valence-electron chi connectivity index (χ3n) is 4.93. The number of carboxylic acids is 1. The lowest BCUT2D eigenvalue weighted by molar-refractivity contribution is -0.141. The van der Waals surface area contributed by atoms with E-state index in [9.17, 15) is 14.7 Å². The first-order valence-electron chi connectivity index (χ1n) is 8.22. The van der Waals surface area contributed by atoms with Crippen LogP contribution in [-0.4, -0.2) is 30.6 Å². The summed E-state index contributed by atoms with van der Waals surface area (Å²) in [4.78, 5) is 23.6. The van der Waals surface area contributed by atoms with Crippen molar-refractivity contribution in [2.75, 3.05) is 13.7 Å². The van der Waals surface area contributed by atoms with Crippen molar-refractivity contribution >= 4 is 11.9 Å². The van der Waals surface area contributed by atoms with Gasteiger partial charge in [0.25, 0.3) is 0 Å². The average molecular weight is 317 g/mol. The van der Waals surface area contributed by atoms with Crippen LogP contribution in [0.1, 0.15) is 24.8 Å². The molecule has 0 aliphatic heterocycles. The first kappa shape index (κ1) is 15.8. The molecular formula is C18H23NO4. The molecule has 0 radical (unpaired) electrons. The second-order valence-electron chi connectivity index (χ2n) is 6.64. The Morgan fingerprint density at radius 1 is 1.35 bits per heavy atom. The summed E-state index contributed by atoms with van der Waals surface area (Å²) >= 11 is 0. The van der Waals surface area contributed by atoms with Crippen molar-refractivity contribution in [1.82, 2.24) is 5.32 Å². The van der Waals surface area contributed by atoms with Crippen LogP contribution < -0.4 is 10.1 Å². The summed E-state index contributed by atoms with van der Waals surface area (Å²) in [6.07, 6.45) is 3.82. The van der Waals surface area contributed by atoms with Crippen LogP contribution in [0.3, 0.4) is 0 Å². The van der Waals surface area contributed by atoms with E-state index < -0.39 is 11.9 Å². The first-order valence-corrected chi connectivity index (χ1v) is 8.22. The Kier molecular flexibility index (Phi) is 4.55. The maximum absolute atomic E-state index is 12.1. The fourth-order valence-electron chi connectivity index (χ4n) is 3.30. The van der Waals surface area contributed by atoms with Crippen LogP contribution in [0.25, 0.3) is 0 Å². The molecule has 124 valence electrons. The minimum Gasteiger partial charge on any atom is -0.496 e. The zero-order valence-electron chi connectivity index (χ0n) is 13.3. The van der Waals surface area contributed by atoms with Crippen molar-refractivity contribution in [3.05, 3.63) is 29.8 Å². The number of carbonyl (C=O) groups is 2. The van der Waals surface area contributed by atoms with E-state index in [0.717, 1.165) is 17.9 Å². The number of rotatable bonds is 8. The maximum Gasteiger partial charge on any atom is 0.308 e. The van der Waals surface area contributed by atoms with Crippen LogP contribution in [0.4, 0.5) is 0 Å². The van der Waals surface area contributed by atoms with Gasteiger partial charge in [-0.25, -0.2) is 0 Å². The van der Waals surface area contributed by atoms with E-state index in [1.54, 1.807) is 7.11 Å². The molecule has 2 saturated carbocycles. The molecule has 0 bridgehead atoms. The van der Waals surface area contributed by atoms with Gasteiger partial charge in [-0.2, -0.15) is 0 Å². The molecule has 0 heterocycles. The minimum atomic E-state index is -0.897. The van der Waals surface area contributed by atoms with Crippen LogP contribution in [0, 0.1) is 23.7 Å².